The van der Waals surface area contributed by atoms with Crippen LogP contribution < -0.4 is 0 Å². The summed E-state index contributed by atoms with van der Waals surface area (Å²) in [5.74, 6) is 0. The molecule has 0 aliphatic carbocycles. The first kappa shape index (κ1) is 49.7. The number of hydrogen-bond acceptors (Lipinski definition) is 0. The van der Waals surface area contributed by atoms with Gasteiger partial charge < -0.3 is 2.85 Å². The van der Waals surface area contributed by atoms with Gasteiger partial charge in [0, 0.05) is 34.1 Å². The molecule has 5 heavy (non-hydrogen) atoms. The molecule has 0 N–H and O–H groups in total. The Bertz CT molecular complexity index is 17.7. The molecule has 0 heterocycles. The molecule has 0 aromatic heterocycles. The molecule has 0 rings (SSSR count). The third-order valence-electron chi connectivity index (χ3n) is 0. The Balaban J connectivity index is 0. The Morgan fingerprint density at radius 2 is 1.20 bits per heavy atom. The van der Waals surface area contributed by atoms with Crippen molar-refractivity contribution < 1.29 is 37.0 Å². The Morgan fingerprint density at radius 3 is 1.20 bits per heavy atom. The van der Waals surface area contributed by atoms with Gasteiger partial charge in [-0.3, -0.25) is 0 Å². The SMILES string of the molecule is [AlH3].[Fe].[H-].[H-].[Mg+2].[Mn].[SiH4]. The van der Waals surface area contributed by atoms with Gasteiger partial charge in [0.2, 0.25) is 0 Å². The quantitative estimate of drug-likeness (QED) is 0.370. The summed E-state index contributed by atoms with van der Waals surface area (Å²) in [4.78, 5) is 0. The van der Waals surface area contributed by atoms with E-state index in [-0.39, 0.29) is 88.4 Å². The summed E-state index contributed by atoms with van der Waals surface area (Å²) in [6.07, 6.45) is 0. The van der Waals surface area contributed by atoms with Crippen molar-refractivity contribution in [3.05, 3.63) is 0 Å². The molecule has 0 fully saturated rings. The van der Waals surface area contributed by atoms with E-state index < -0.39 is 0 Å². The topological polar surface area (TPSA) is 0 Å². The van der Waals surface area contributed by atoms with E-state index in [9.17, 15) is 0 Å². The summed E-state index contributed by atoms with van der Waals surface area (Å²) in [6.45, 7) is 0. The fraction of sp³-hybridized carbons (Fsp3) is 0. The maximum atomic E-state index is 0. The molecule has 0 atom stereocenters. The van der Waals surface area contributed by atoms with Crippen molar-refractivity contribution in [3.8, 4) is 0 Å². The van der Waals surface area contributed by atoms with Crippen LogP contribution in [0.1, 0.15) is 2.85 Å². The predicted octanol–water partition coefficient (Wildman–Crippen LogP) is -2.80. The fourth-order valence-corrected chi connectivity index (χ4v) is 0. The summed E-state index contributed by atoms with van der Waals surface area (Å²) in [5, 5.41) is 0. The van der Waals surface area contributed by atoms with Crippen LogP contribution in [-0.2, 0) is 34.1 Å². The summed E-state index contributed by atoms with van der Waals surface area (Å²) in [7, 11) is 0. The molecule has 33 valence electrons. The van der Waals surface area contributed by atoms with E-state index >= 15 is 0 Å². The summed E-state index contributed by atoms with van der Waals surface area (Å²) < 4.78 is 0. The Kier molecular flexibility index (Phi) is 308. The first-order valence-corrected chi connectivity index (χ1v) is 0. The second-order valence-corrected chi connectivity index (χ2v) is 0. The zero-order chi connectivity index (χ0) is 0. The van der Waals surface area contributed by atoms with E-state index in [1.807, 2.05) is 0 Å². The van der Waals surface area contributed by atoms with E-state index in [4.69, 9.17) is 0 Å². The molecule has 0 unspecified atom stereocenters. The summed E-state index contributed by atoms with van der Waals surface area (Å²) in [5.41, 5.74) is 0. The molecular formula is H9AlFeMgMnSi. The van der Waals surface area contributed by atoms with E-state index in [2.05, 4.69) is 0 Å². The molecule has 0 aromatic carbocycles. The zero-order valence-corrected chi connectivity index (χ0v) is 5.14. The molecule has 0 bridgehead atoms. The van der Waals surface area contributed by atoms with Gasteiger partial charge in [0.05, 0.1) is 0 Å². The standard InChI is InChI=1S/Al.Fe.Mg.Mn.H4Si.5H/h;;;;1H4;;;;;/q;;+2;;;;;;2*-1. The molecule has 0 aromatic rings. The van der Waals surface area contributed by atoms with Crippen molar-refractivity contribution in [2.75, 3.05) is 0 Å². The number of rotatable bonds is 0. The van der Waals surface area contributed by atoms with Gasteiger partial charge >= 0.3 is 23.1 Å². The normalized spacial score (nSPS) is 0. The van der Waals surface area contributed by atoms with Gasteiger partial charge in [0.15, 0.2) is 17.4 Å². The van der Waals surface area contributed by atoms with E-state index in [1.54, 1.807) is 0 Å². The molecular weight excluding hydrogens is 190 g/mol. The van der Waals surface area contributed by atoms with Gasteiger partial charge in [-0.2, -0.15) is 0 Å². The van der Waals surface area contributed by atoms with Crippen molar-refractivity contribution in [3.63, 3.8) is 0 Å². The minimum Gasteiger partial charge on any atom is -1.00 e. The molecule has 0 amide bonds. The smallest absolute Gasteiger partial charge is 1.00 e. The Hall–Kier alpha value is 2.55. The van der Waals surface area contributed by atoms with Gasteiger partial charge in [-0.25, -0.2) is 0 Å². The number of hydrogen-bond donors (Lipinski definition) is 0. The van der Waals surface area contributed by atoms with Gasteiger partial charge in [0.1, 0.15) is 0 Å². The van der Waals surface area contributed by atoms with Crippen LogP contribution in [0.4, 0.5) is 0 Å². The maximum absolute atomic E-state index is 0. The summed E-state index contributed by atoms with van der Waals surface area (Å²) >= 11 is 0. The zero-order valence-electron chi connectivity index (χ0n) is 3.44. The fourth-order valence-electron chi connectivity index (χ4n) is 0. The Labute approximate surface area is 87.4 Å². The molecule has 0 aliphatic rings. The van der Waals surface area contributed by atoms with Crippen molar-refractivity contribution in [2.45, 2.75) is 0 Å². The van der Waals surface area contributed by atoms with Crippen LogP contribution in [0.3, 0.4) is 0 Å². The average Bonchev–Trinajstić information content (AvgIpc) is 0. The first-order valence-electron chi connectivity index (χ1n) is 0. The average molecular weight is 199 g/mol. The molecule has 5 heteroatoms. The maximum Gasteiger partial charge on any atom is 2.00 e. The third-order valence-corrected chi connectivity index (χ3v) is 0. The van der Waals surface area contributed by atoms with Crippen LogP contribution in [0.2, 0.25) is 0 Å². The van der Waals surface area contributed by atoms with Crippen molar-refractivity contribution in [1.29, 1.82) is 0 Å². The second-order valence-electron chi connectivity index (χ2n) is 0. The molecule has 1 radical (unpaired) electrons. The largest absolute Gasteiger partial charge is 2.00 e. The first-order chi connectivity index (χ1) is 0. The minimum absolute atomic E-state index is 0. The Morgan fingerprint density at radius 1 is 1.20 bits per heavy atom. The van der Waals surface area contributed by atoms with Crippen LogP contribution >= 0.6 is 0 Å². The van der Waals surface area contributed by atoms with E-state index in [1.165, 1.54) is 0 Å². The van der Waals surface area contributed by atoms with Crippen LogP contribution in [-0.4, -0.2) is 51.4 Å². The van der Waals surface area contributed by atoms with Crippen molar-refractivity contribution >= 4 is 51.4 Å². The third kappa shape index (κ3) is 20.8. The molecule has 0 saturated carbocycles. The molecule has 0 saturated heterocycles. The molecule has 0 aliphatic heterocycles. The van der Waals surface area contributed by atoms with Gasteiger partial charge in [-0.15, -0.1) is 0 Å². The van der Waals surface area contributed by atoms with Gasteiger partial charge in [-0.05, 0) is 11.0 Å². The second kappa shape index (κ2) is 31.0. The predicted molar refractivity (Wildman–Crippen MR) is 29.3 cm³/mol. The van der Waals surface area contributed by atoms with Crippen LogP contribution in [0.15, 0.2) is 0 Å². The monoisotopic (exact) mass is 199 g/mol. The molecule has 0 spiro atoms. The molecule has 0 nitrogen and oxygen atoms in total. The minimum atomic E-state index is 0. The summed E-state index contributed by atoms with van der Waals surface area (Å²) in [6, 6.07) is 0. The van der Waals surface area contributed by atoms with Crippen LogP contribution in [0, 0.1) is 0 Å². The van der Waals surface area contributed by atoms with Gasteiger partial charge in [0.25, 0.3) is 0 Å². The van der Waals surface area contributed by atoms with Crippen molar-refractivity contribution in [1.82, 2.24) is 0 Å². The van der Waals surface area contributed by atoms with Gasteiger partial charge in [-0.1, -0.05) is 0 Å². The van der Waals surface area contributed by atoms with Crippen LogP contribution in [0.5, 0.6) is 0 Å². The van der Waals surface area contributed by atoms with Crippen LogP contribution in [0.25, 0.3) is 0 Å². The van der Waals surface area contributed by atoms with Crippen molar-refractivity contribution in [2.24, 2.45) is 0 Å². The van der Waals surface area contributed by atoms with E-state index in [0.717, 1.165) is 0 Å². The van der Waals surface area contributed by atoms with E-state index in [0.29, 0.717) is 0 Å².